The third kappa shape index (κ3) is 5.01. The van der Waals surface area contributed by atoms with E-state index < -0.39 is 24.9 Å². The summed E-state index contributed by atoms with van der Waals surface area (Å²) < 4.78 is 27.3. The van der Waals surface area contributed by atoms with Crippen LogP contribution in [-0.4, -0.2) is 45.1 Å². The molecule has 1 aromatic heterocycles. The number of rotatable bonds is 6. The van der Waals surface area contributed by atoms with Crippen molar-refractivity contribution >= 4 is 18.3 Å². The summed E-state index contributed by atoms with van der Waals surface area (Å²) in [6.07, 6.45) is 1.45. The van der Waals surface area contributed by atoms with E-state index in [1.807, 2.05) is 0 Å². The van der Waals surface area contributed by atoms with E-state index in [0.29, 0.717) is 5.56 Å². The molecule has 22 heavy (non-hydrogen) atoms. The second kappa shape index (κ2) is 7.76. The molecule has 0 bridgehead atoms. The molecule has 0 atom stereocenters. The van der Waals surface area contributed by atoms with Crippen LogP contribution in [0.1, 0.15) is 5.56 Å². The fourth-order valence-electron chi connectivity index (χ4n) is 1.59. The maximum atomic E-state index is 12.9. The van der Waals surface area contributed by atoms with Crippen LogP contribution in [0.3, 0.4) is 0 Å². The fraction of sp³-hybridized carbons (Fsp3) is 0.333. The van der Waals surface area contributed by atoms with Gasteiger partial charge >= 0.3 is 0 Å². The van der Waals surface area contributed by atoms with Gasteiger partial charge in [-0.2, -0.15) is 0 Å². The minimum Gasteiger partial charge on any atom is -0.350 e. The van der Waals surface area contributed by atoms with E-state index in [9.17, 15) is 13.6 Å². The van der Waals surface area contributed by atoms with Gasteiger partial charge in [-0.05, 0) is 28.1 Å². The first-order chi connectivity index (χ1) is 10.00. The van der Waals surface area contributed by atoms with Gasteiger partial charge < -0.3 is 11.1 Å². The van der Waals surface area contributed by atoms with Gasteiger partial charge in [0, 0.05) is 0 Å². The minimum absolute atomic E-state index is 0. The van der Waals surface area contributed by atoms with Crippen LogP contribution < -0.4 is 11.1 Å². The molecule has 1 heterocycles. The van der Waals surface area contributed by atoms with E-state index in [-0.39, 0.29) is 18.8 Å². The Morgan fingerprint density at radius 3 is 2.55 bits per heavy atom. The summed E-state index contributed by atoms with van der Waals surface area (Å²) in [4.78, 5) is 11.6. The molecule has 120 valence electrons. The zero-order chi connectivity index (χ0) is 15.3. The maximum absolute atomic E-state index is 12.9. The van der Waals surface area contributed by atoms with Crippen LogP contribution >= 0.6 is 12.4 Å². The molecule has 10 heteroatoms. The molecule has 7 nitrogen and oxygen atoms in total. The molecule has 0 aliphatic rings. The van der Waals surface area contributed by atoms with Crippen LogP contribution in [0.2, 0.25) is 0 Å². The number of halogens is 3. The third-order valence-corrected chi connectivity index (χ3v) is 2.76. The SMILES string of the molecule is Cl.NCC(F)(F)CNC(=O)Cc1ccc(-n2cnnn2)cc1. The Bertz CT molecular complexity index is 590. The van der Waals surface area contributed by atoms with Crippen molar-refractivity contribution in [2.45, 2.75) is 12.3 Å². The predicted octanol–water partition coefficient (Wildman–Crippen LogP) is 0.337. The zero-order valence-corrected chi connectivity index (χ0v) is 12.3. The molecule has 0 saturated heterocycles. The van der Waals surface area contributed by atoms with E-state index in [1.54, 1.807) is 24.3 Å². The number of alkyl halides is 2. The number of benzene rings is 1. The van der Waals surface area contributed by atoms with Gasteiger partial charge in [-0.25, -0.2) is 13.5 Å². The summed E-state index contributed by atoms with van der Waals surface area (Å²) in [6.45, 7) is -1.56. The van der Waals surface area contributed by atoms with Gasteiger partial charge in [0.2, 0.25) is 5.91 Å². The molecular weight excluding hydrogens is 318 g/mol. The smallest absolute Gasteiger partial charge is 0.277 e. The first-order valence-electron chi connectivity index (χ1n) is 6.17. The van der Waals surface area contributed by atoms with Crippen molar-refractivity contribution in [3.8, 4) is 5.69 Å². The highest BCUT2D eigenvalue weighted by atomic mass is 35.5. The quantitative estimate of drug-likeness (QED) is 0.794. The Hall–Kier alpha value is -2.13. The average molecular weight is 333 g/mol. The Morgan fingerprint density at radius 2 is 2.00 bits per heavy atom. The number of hydrogen-bond donors (Lipinski definition) is 2. The number of amides is 1. The largest absolute Gasteiger partial charge is 0.350 e. The molecule has 0 fully saturated rings. The lowest BCUT2D eigenvalue weighted by Crippen LogP contribution is -2.42. The zero-order valence-electron chi connectivity index (χ0n) is 11.4. The summed E-state index contributed by atoms with van der Waals surface area (Å²) in [6, 6.07) is 6.87. The highest BCUT2D eigenvalue weighted by Crippen LogP contribution is 2.10. The molecule has 2 rings (SSSR count). The number of tetrazole rings is 1. The van der Waals surface area contributed by atoms with Crippen LogP contribution in [0, 0.1) is 0 Å². The fourth-order valence-corrected chi connectivity index (χ4v) is 1.59. The second-order valence-corrected chi connectivity index (χ2v) is 4.43. The Labute approximate surface area is 131 Å². The summed E-state index contributed by atoms with van der Waals surface area (Å²) in [5, 5.41) is 12.9. The molecule has 0 aliphatic carbocycles. The van der Waals surface area contributed by atoms with Crippen LogP contribution in [0.25, 0.3) is 5.69 Å². The Kier molecular flexibility index (Phi) is 6.32. The van der Waals surface area contributed by atoms with Crippen LogP contribution in [0.15, 0.2) is 30.6 Å². The summed E-state index contributed by atoms with van der Waals surface area (Å²) >= 11 is 0. The standard InChI is InChI=1S/C12H14F2N6O.ClH/c13-12(14,6-15)7-16-11(21)5-9-1-3-10(4-2-9)20-8-17-18-19-20;/h1-4,8H,5-7,15H2,(H,16,21);1H. The highest BCUT2D eigenvalue weighted by Gasteiger charge is 2.27. The Balaban J connectivity index is 0.00000242. The summed E-state index contributed by atoms with van der Waals surface area (Å²) in [5.74, 6) is -3.57. The van der Waals surface area contributed by atoms with E-state index in [0.717, 1.165) is 5.69 Å². The van der Waals surface area contributed by atoms with Crippen molar-refractivity contribution < 1.29 is 13.6 Å². The topological polar surface area (TPSA) is 98.7 Å². The van der Waals surface area contributed by atoms with E-state index in [2.05, 4.69) is 20.8 Å². The molecule has 1 aromatic carbocycles. The lowest BCUT2D eigenvalue weighted by molar-refractivity contribution is -0.122. The van der Waals surface area contributed by atoms with Gasteiger partial charge in [0.25, 0.3) is 5.92 Å². The second-order valence-electron chi connectivity index (χ2n) is 4.43. The van der Waals surface area contributed by atoms with Gasteiger partial charge in [-0.15, -0.1) is 17.5 Å². The molecule has 0 aliphatic heterocycles. The predicted molar refractivity (Wildman–Crippen MR) is 77.1 cm³/mol. The van der Waals surface area contributed by atoms with Crippen molar-refractivity contribution in [3.63, 3.8) is 0 Å². The minimum atomic E-state index is -3.08. The Morgan fingerprint density at radius 1 is 1.32 bits per heavy atom. The summed E-state index contributed by atoms with van der Waals surface area (Å²) in [5.41, 5.74) is 6.32. The van der Waals surface area contributed by atoms with Crippen LogP contribution in [0.4, 0.5) is 8.78 Å². The van der Waals surface area contributed by atoms with Crippen molar-refractivity contribution in [3.05, 3.63) is 36.2 Å². The molecular formula is C12H15ClF2N6O. The van der Waals surface area contributed by atoms with Gasteiger partial charge in [-0.1, -0.05) is 12.1 Å². The van der Waals surface area contributed by atoms with Crippen molar-refractivity contribution in [1.82, 2.24) is 25.5 Å². The molecule has 0 unspecified atom stereocenters. The highest BCUT2D eigenvalue weighted by molar-refractivity contribution is 5.85. The van der Waals surface area contributed by atoms with Crippen LogP contribution in [0.5, 0.6) is 0 Å². The maximum Gasteiger partial charge on any atom is 0.277 e. The molecule has 0 radical (unpaired) electrons. The normalized spacial score (nSPS) is 10.9. The number of aromatic nitrogens is 4. The van der Waals surface area contributed by atoms with Gasteiger partial charge in [0.05, 0.1) is 25.2 Å². The number of hydrogen-bond acceptors (Lipinski definition) is 5. The molecule has 1 amide bonds. The summed E-state index contributed by atoms with van der Waals surface area (Å²) in [7, 11) is 0. The number of nitrogens with two attached hydrogens (primary N) is 1. The lowest BCUT2D eigenvalue weighted by atomic mass is 10.1. The molecule has 2 aromatic rings. The van der Waals surface area contributed by atoms with Gasteiger partial charge in [-0.3, -0.25) is 4.79 Å². The average Bonchev–Trinajstić information content (AvgIpc) is 3.00. The molecule has 3 N–H and O–H groups in total. The lowest BCUT2D eigenvalue weighted by Gasteiger charge is -2.14. The van der Waals surface area contributed by atoms with Crippen molar-refractivity contribution in [2.24, 2.45) is 5.73 Å². The number of nitrogens with zero attached hydrogens (tertiary/aromatic N) is 4. The monoisotopic (exact) mass is 332 g/mol. The van der Waals surface area contributed by atoms with E-state index >= 15 is 0 Å². The molecule has 0 spiro atoms. The third-order valence-electron chi connectivity index (χ3n) is 2.76. The molecule has 0 saturated carbocycles. The number of carbonyl (C=O) groups is 1. The number of nitrogens with one attached hydrogen (secondary N) is 1. The van der Waals surface area contributed by atoms with E-state index in [1.165, 1.54) is 11.0 Å². The van der Waals surface area contributed by atoms with Crippen molar-refractivity contribution in [1.29, 1.82) is 0 Å². The number of carbonyl (C=O) groups excluding carboxylic acids is 1. The van der Waals surface area contributed by atoms with E-state index in [4.69, 9.17) is 5.73 Å². The van der Waals surface area contributed by atoms with Crippen molar-refractivity contribution in [2.75, 3.05) is 13.1 Å². The van der Waals surface area contributed by atoms with Gasteiger partial charge in [0.1, 0.15) is 6.33 Å². The first kappa shape index (κ1) is 17.9. The van der Waals surface area contributed by atoms with Gasteiger partial charge in [0.15, 0.2) is 0 Å². The first-order valence-corrected chi connectivity index (χ1v) is 6.17. The van der Waals surface area contributed by atoms with Crippen LogP contribution in [-0.2, 0) is 11.2 Å².